The van der Waals surface area contributed by atoms with Crippen LogP contribution in [0.15, 0.2) is 0 Å². The molecule has 0 heterocycles. The highest BCUT2D eigenvalue weighted by Crippen LogP contribution is 1.87. The minimum atomic E-state index is -0.347. The van der Waals surface area contributed by atoms with Crippen molar-refractivity contribution in [2.75, 3.05) is 19.8 Å². The molecule has 0 aromatic rings. The van der Waals surface area contributed by atoms with Crippen molar-refractivity contribution in [3.63, 3.8) is 0 Å². The largest absolute Gasteiger partial charge is 0.396 e. The van der Waals surface area contributed by atoms with Gasteiger partial charge in [-0.2, -0.15) is 0 Å². The van der Waals surface area contributed by atoms with Crippen LogP contribution in [0.2, 0.25) is 0 Å². The summed E-state index contributed by atoms with van der Waals surface area (Å²) in [4.78, 5) is 0. The molecular weight excluding hydrogens is 120 g/mol. The summed E-state index contributed by atoms with van der Waals surface area (Å²) in [6, 6.07) is 0. The smallest absolute Gasteiger partial charge is 0.0503 e. The average Bonchev–Trinajstić information content (AvgIpc) is 1.96. The third kappa shape index (κ3) is 7.88. The zero-order valence-electron chi connectivity index (χ0n) is 6.04. The van der Waals surface area contributed by atoms with Crippen molar-refractivity contribution in [1.29, 1.82) is 0 Å². The van der Waals surface area contributed by atoms with E-state index < -0.39 is 0 Å². The summed E-state index contributed by atoms with van der Waals surface area (Å²) in [5, 5.41) is 24.6. The summed E-state index contributed by atoms with van der Waals surface area (Å²) >= 11 is 0. The van der Waals surface area contributed by atoms with Crippen LogP contribution in [0.5, 0.6) is 0 Å². The molecule has 0 atom stereocenters. The Balaban J connectivity index is 0. The molecule has 0 aromatic heterocycles. The predicted molar refractivity (Wildman–Crippen MR) is 36.1 cm³/mol. The van der Waals surface area contributed by atoms with Gasteiger partial charge in [-0.05, 0) is 0 Å². The van der Waals surface area contributed by atoms with Gasteiger partial charge in [0.15, 0.2) is 0 Å². The van der Waals surface area contributed by atoms with Crippen molar-refractivity contribution in [2.24, 2.45) is 5.92 Å². The molecule has 0 unspecified atom stereocenters. The maximum atomic E-state index is 8.21. The maximum absolute atomic E-state index is 8.21. The van der Waals surface area contributed by atoms with E-state index in [1.165, 1.54) is 0 Å². The molecule has 0 aliphatic rings. The fraction of sp³-hybridized carbons (Fsp3) is 1.00. The molecule has 0 aromatic carbocycles. The molecule has 0 rings (SSSR count). The van der Waals surface area contributed by atoms with Gasteiger partial charge in [0, 0.05) is 5.92 Å². The minimum Gasteiger partial charge on any atom is -0.396 e. The van der Waals surface area contributed by atoms with E-state index in [1.54, 1.807) is 0 Å². The molecule has 0 aliphatic heterocycles. The predicted octanol–water partition coefficient (Wildman–Crippen LogP) is -0.394. The lowest BCUT2D eigenvalue weighted by atomic mass is 10.2. The van der Waals surface area contributed by atoms with Gasteiger partial charge in [-0.1, -0.05) is 13.8 Å². The van der Waals surface area contributed by atoms with Crippen LogP contribution in [0.4, 0.5) is 0 Å². The van der Waals surface area contributed by atoms with Crippen LogP contribution in [0.3, 0.4) is 0 Å². The van der Waals surface area contributed by atoms with Gasteiger partial charge < -0.3 is 15.3 Å². The van der Waals surface area contributed by atoms with Crippen molar-refractivity contribution in [1.82, 2.24) is 0 Å². The molecule has 0 saturated carbocycles. The molecule has 0 aliphatic carbocycles. The fourth-order valence-electron chi connectivity index (χ4n) is 0.173. The normalized spacial score (nSPS) is 8.67. The first-order chi connectivity index (χ1) is 4.35. The van der Waals surface area contributed by atoms with Gasteiger partial charge >= 0.3 is 0 Å². The second-order valence-electron chi connectivity index (χ2n) is 1.41. The van der Waals surface area contributed by atoms with E-state index in [1.807, 2.05) is 13.8 Å². The lowest BCUT2D eigenvalue weighted by molar-refractivity contribution is 0.0969. The van der Waals surface area contributed by atoms with Crippen LogP contribution in [0.1, 0.15) is 13.8 Å². The van der Waals surface area contributed by atoms with Gasteiger partial charge in [-0.3, -0.25) is 0 Å². The first-order valence-electron chi connectivity index (χ1n) is 3.17. The van der Waals surface area contributed by atoms with Crippen LogP contribution in [0, 0.1) is 5.92 Å². The van der Waals surface area contributed by atoms with Crippen molar-refractivity contribution in [3.8, 4) is 0 Å². The van der Waals surface area contributed by atoms with Crippen molar-refractivity contribution >= 4 is 0 Å². The van der Waals surface area contributed by atoms with E-state index in [2.05, 4.69) is 0 Å². The Morgan fingerprint density at radius 3 is 1.11 bits per heavy atom. The molecule has 9 heavy (non-hydrogen) atoms. The van der Waals surface area contributed by atoms with E-state index in [0.29, 0.717) is 0 Å². The molecule has 3 nitrogen and oxygen atoms in total. The number of aliphatic hydroxyl groups is 3. The highest BCUT2D eigenvalue weighted by Gasteiger charge is 2.00. The molecule has 0 radical (unpaired) electrons. The molecule has 3 heteroatoms. The SMILES string of the molecule is CC.OCC(CO)CO. The van der Waals surface area contributed by atoms with Gasteiger partial charge in [0.25, 0.3) is 0 Å². The molecule has 0 fully saturated rings. The summed E-state index contributed by atoms with van der Waals surface area (Å²) < 4.78 is 0. The Hall–Kier alpha value is -0.120. The van der Waals surface area contributed by atoms with E-state index in [0.717, 1.165) is 0 Å². The van der Waals surface area contributed by atoms with Crippen LogP contribution in [0.25, 0.3) is 0 Å². The van der Waals surface area contributed by atoms with Crippen molar-refractivity contribution in [2.45, 2.75) is 13.8 Å². The molecular formula is C6H16O3. The summed E-state index contributed by atoms with van der Waals surface area (Å²) in [6.07, 6.45) is 0. The van der Waals surface area contributed by atoms with Crippen LogP contribution in [-0.2, 0) is 0 Å². The Morgan fingerprint density at radius 2 is 1.11 bits per heavy atom. The van der Waals surface area contributed by atoms with Crippen molar-refractivity contribution < 1.29 is 15.3 Å². The van der Waals surface area contributed by atoms with Gasteiger partial charge in [0.1, 0.15) is 0 Å². The Labute approximate surface area is 56.0 Å². The lowest BCUT2D eigenvalue weighted by Crippen LogP contribution is -2.14. The first kappa shape index (κ1) is 11.6. The first-order valence-corrected chi connectivity index (χ1v) is 3.17. The van der Waals surface area contributed by atoms with Crippen LogP contribution >= 0.6 is 0 Å². The fourth-order valence-corrected chi connectivity index (χ4v) is 0.173. The Morgan fingerprint density at radius 1 is 0.889 bits per heavy atom. The van der Waals surface area contributed by atoms with Gasteiger partial charge in [0.05, 0.1) is 19.8 Å². The van der Waals surface area contributed by atoms with Gasteiger partial charge in [-0.15, -0.1) is 0 Å². The average molecular weight is 136 g/mol. The van der Waals surface area contributed by atoms with Crippen molar-refractivity contribution in [3.05, 3.63) is 0 Å². The maximum Gasteiger partial charge on any atom is 0.0503 e. The lowest BCUT2D eigenvalue weighted by Gasteiger charge is -2.02. The minimum absolute atomic E-state index is 0.146. The number of hydrogen-bond donors (Lipinski definition) is 3. The molecule has 0 saturated heterocycles. The number of hydrogen-bond acceptors (Lipinski definition) is 3. The summed E-state index contributed by atoms with van der Waals surface area (Å²) in [5.41, 5.74) is 0. The quantitative estimate of drug-likeness (QED) is 0.495. The summed E-state index contributed by atoms with van der Waals surface area (Å²) in [7, 11) is 0. The van der Waals surface area contributed by atoms with E-state index in [9.17, 15) is 0 Å². The molecule has 0 amide bonds. The standard InChI is InChI=1S/C4H10O3.C2H6/c5-1-4(2-6)3-7;1-2/h4-7H,1-3H2;1-2H3. The Bertz CT molecular complexity index is 29.8. The topological polar surface area (TPSA) is 60.7 Å². The third-order valence-corrected chi connectivity index (χ3v) is 0.775. The number of aliphatic hydroxyl groups excluding tert-OH is 3. The molecule has 0 bridgehead atoms. The van der Waals surface area contributed by atoms with Crippen LogP contribution in [-0.4, -0.2) is 35.1 Å². The van der Waals surface area contributed by atoms with Crippen LogP contribution < -0.4 is 0 Å². The second kappa shape index (κ2) is 10.8. The monoisotopic (exact) mass is 136 g/mol. The highest BCUT2D eigenvalue weighted by atomic mass is 16.3. The zero-order valence-corrected chi connectivity index (χ0v) is 6.04. The second-order valence-corrected chi connectivity index (χ2v) is 1.41. The van der Waals surface area contributed by atoms with Gasteiger partial charge in [-0.25, -0.2) is 0 Å². The number of rotatable bonds is 3. The van der Waals surface area contributed by atoms with E-state index >= 15 is 0 Å². The molecule has 0 spiro atoms. The molecule has 58 valence electrons. The molecule has 3 N–H and O–H groups in total. The zero-order chi connectivity index (χ0) is 7.70. The summed E-state index contributed by atoms with van der Waals surface area (Å²) in [5.74, 6) is -0.347. The summed E-state index contributed by atoms with van der Waals surface area (Å²) in [6.45, 7) is 3.56. The third-order valence-electron chi connectivity index (χ3n) is 0.775. The Kier molecular flexibility index (Phi) is 14.0. The van der Waals surface area contributed by atoms with E-state index in [4.69, 9.17) is 15.3 Å². The van der Waals surface area contributed by atoms with Gasteiger partial charge in [0.2, 0.25) is 0 Å². The van der Waals surface area contributed by atoms with E-state index in [-0.39, 0.29) is 25.7 Å². The highest BCUT2D eigenvalue weighted by molar-refractivity contribution is 4.49.